The standard InChI is InChI=1S/C62H80N2O10/c1-4-7-8-9-10-11-12-13-14-22-38-68-61(67)64(43-45-27-33-56-57(39-45)70-44-69-56)58-42-54(63-72-6-3)52-40-48(25-18-20-35-65)51(26-19-21-36-66)59-53-41-50(32-34-55(53)74-62(58,60(52)59)71-37-5-2)73-49-30-28-47(29-31-49)46-23-16-15-17-24-46/h5,15-17,23-24,27-34,39-41,48,51,58-60,65-66H,2,4,6-14,18-22,25-26,35-38,42-44H2,1,3H3/t48-,51+,58-,59+,60+,62+/m0/s1. The highest BCUT2D eigenvalue weighted by Gasteiger charge is 2.65. The number of oxime groups is 1. The summed E-state index contributed by atoms with van der Waals surface area (Å²) in [5, 5.41) is 25.1. The van der Waals surface area contributed by atoms with Crippen molar-refractivity contribution < 1.29 is 48.3 Å². The maximum atomic E-state index is 15.2. The summed E-state index contributed by atoms with van der Waals surface area (Å²) in [6, 6.07) is 29.5. The summed E-state index contributed by atoms with van der Waals surface area (Å²) in [5.41, 5.74) is 5.71. The van der Waals surface area contributed by atoms with Gasteiger partial charge >= 0.3 is 6.09 Å². The highest BCUT2D eigenvalue weighted by Crippen LogP contribution is 2.62. The number of rotatable bonds is 30. The van der Waals surface area contributed by atoms with Gasteiger partial charge in [0.2, 0.25) is 12.6 Å². The molecular formula is C62H80N2O10. The molecule has 0 saturated heterocycles. The molecule has 2 aliphatic heterocycles. The van der Waals surface area contributed by atoms with Crippen LogP contribution in [-0.4, -0.2) is 78.6 Å². The number of amides is 1. The molecule has 4 aromatic rings. The minimum Gasteiger partial charge on any atom is -0.459 e. The number of nitrogens with zero attached hydrogens (tertiary/aromatic N) is 2. The molecule has 0 unspecified atom stereocenters. The van der Waals surface area contributed by atoms with Crippen LogP contribution < -0.4 is 18.9 Å². The van der Waals surface area contributed by atoms with Gasteiger partial charge in [0.1, 0.15) is 29.9 Å². The minimum absolute atomic E-state index is 0.0430. The first-order valence-corrected chi connectivity index (χ1v) is 27.8. The Hall–Kier alpha value is -5.82. The van der Waals surface area contributed by atoms with Crippen molar-refractivity contribution in [1.82, 2.24) is 4.90 Å². The fourth-order valence-electron chi connectivity index (χ4n) is 11.7. The lowest BCUT2D eigenvalue weighted by molar-refractivity contribution is -0.256. The summed E-state index contributed by atoms with van der Waals surface area (Å²) >= 11 is 0. The van der Waals surface area contributed by atoms with Crippen molar-refractivity contribution in [3.05, 3.63) is 126 Å². The zero-order valence-electron chi connectivity index (χ0n) is 43.9. The first-order chi connectivity index (χ1) is 36.4. The van der Waals surface area contributed by atoms with Crippen LogP contribution in [0.2, 0.25) is 0 Å². The maximum Gasteiger partial charge on any atom is 0.410 e. The number of hydrogen-bond acceptors (Lipinski definition) is 11. The lowest BCUT2D eigenvalue weighted by atomic mass is 9.55. The lowest BCUT2D eigenvalue weighted by Gasteiger charge is -2.59. The van der Waals surface area contributed by atoms with Gasteiger partial charge in [0.25, 0.3) is 0 Å². The van der Waals surface area contributed by atoms with Crippen LogP contribution in [0.25, 0.3) is 11.1 Å². The molecule has 398 valence electrons. The molecule has 2 heterocycles. The van der Waals surface area contributed by atoms with Gasteiger partial charge in [-0.25, -0.2) is 4.79 Å². The van der Waals surface area contributed by atoms with E-state index in [1.165, 1.54) is 44.9 Å². The van der Waals surface area contributed by atoms with E-state index in [-0.39, 0.29) is 63.9 Å². The summed E-state index contributed by atoms with van der Waals surface area (Å²) in [4.78, 5) is 22.9. The summed E-state index contributed by atoms with van der Waals surface area (Å²) in [7, 11) is 0. The number of benzene rings is 4. The largest absolute Gasteiger partial charge is 0.459 e. The Kier molecular flexibility index (Phi) is 20.3. The number of ether oxygens (including phenoxy) is 6. The van der Waals surface area contributed by atoms with Gasteiger partial charge in [0, 0.05) is 37.7 Å². The van der Waals surface area contributed by atoms with Crippen LogP contribution in [0, 0.1) is 17.8 Å². The number of allylic oxidation sites excluding steroid dienone is 1. The number of carbonyl (C=O) groups is 1. The van der Waals surface area contributed by atoms with Crippen molar-refractivity contribution in [3.63, 3.8) is 0 Å². The highest BCUT2D eigenvalue weighted by atomic mass is 16.7. The fraction of sp³-hybridized carbons (Fsp3) is 0.516. The van der Waals surface area contributed by atoms with Crippen molar-refractivity contribution >= 4 is 11.8 Å². The summed E-state index contributed by atoms with van der Waals surface area (Å²) < 4.78 is 39.3. The molecule has 1 fully saturated rings. The van der Waals surface area contributed by atoms with Gasteiger partial charge in [-0.2, -0.15) is 0 Å². The molecule has 1 amide bonds. The van der Waals surface area contributed by atoms with Crippen molar-refractivity contribution in [2.45, 2.75) is 147 Å². The summed E-state index contributed by atoms with van der Waals surface area (Å²) in [5.74, 6) is 1.22. The van der Waals surface area contributed by atoms with Crippen LogP contribution >= 0.6 is 0 Å². The zero-order chi connectivity index (χ0) is 51.5. The second-order valence-corrected chi connectivity index (χ2v) is 20.3. The summed E-state index contributed by atoms with van der Waals surface area (Å²) in [6.07, 6.45) is 20.2. The molecule has 6 atom stereocenters. The van der Waals surface area contributed by atoms with Crippen LogP contribution in [0.4, 0.5) is 4.79 Å². The van der Waals surface area contributed by atoms with E-state index in [4.69, 9.17) is 38.4 Å². The molecule has 0 aromatic heterocycles. The minimum atomic E-state index is -1.46. The van der Waals surface area contributed by atoms with Gasteiger partial charge in [-0.05, 0) is 116 Å². The van der Waals surface area contributed by atoms with Crippen molar-refractivity contribution in [1.29, 1.82) is 0 Å². The van der Waals surface area contributed by atoms with Crippen LogP contribution in [0.15, 0.2) is 120 Å². The van der Waals surface area contributed by atoms with Gasteiger partial charge in [-0.1, -0.05) is 143 Å². The fourth-order valence-corrected chi connectivity index (χ4v) is 11.7. The van der Waals surface area contributed by atoms with Crippen molar-refractivity contribution in [2.24, 2.45) is 22.9 Å². The van der Waals surface area contributed by atoms with E-state index < -0.39 is 23.8 Å². The summed E-state index contributed by atoms with van der Waals surface area (Å²) in [6.45, 7) is 9.54. The van der Waals surface area contributed by atoms with E-state index >= 15 is 4.79 Å². The van der Waals surface area contributed by atoms with Crippen molar-refractivity contribution in [3.8, 4) is 39.9 Å². The second-order valence-electron chi connectivity index (χ2n) is 20.3. The third kappa shape index (κ3) is 13.3. The number of fused-ring (bicyclic) bond motifs is 3. The van der Waals surface area contributed by atoms with Gasteiger partial charge in [-0.3, -0.25) is 4.90 Å². The van der Waals surface area contributed by atoms with E-state index in [1.54, 1.807) is 11.0 Å². The topological polar surface area (TPSA) is 138 Å². The average Bonchev–Trinajstić information content (AvgIpc) is 3.93. The number of hydrogen-bond donors (Lipinski definition) is 2. The number of carbonyl (C=O) groups excluding carboxylic acids is 1. The molecule has 4 aliphatic rings. The molecule has 12 heteroatoms. The molecule has 1 saturated carbocycles. The van der Waals surface area contributed by atoms with Crippen LogP contribution in [0.3, 0.4) is 0 Å². The highest BCUT2D eigenvalue weighted by molar-refractivity contribution is 6.03. The third-order valence-corrected chi connectivity index (χ3v) is 15.3. The van der Waals surface area contributed by atoms with Gasteiger partial charge < -0.3 is 43.5 Å². The van der Waals surface area contributed by atoms with Gasteiger partial charge in [0.15, 0.2) is 11.5 Å². The Morgan fingerprint density at radius 3 is 2.19 bits per heavy atom. The molecule has 2 N–H and O–H groups in total. The second kappa shape index (κ2) is 27.6. The predicted octanol–water partition coefficient (Wildman–Crippen LogP) is 14.1. The first-order valence-electron chi connectivity index (χ1n) is 27.8. The molecule has 0 radical (unpaired) electrons. The molecule has 8 rings (SSSR count). The van der Waals surface area contributed by atoms with E-state index in [0.717, 1.165) is 78.5 Å². The van der Waals surface area contributed by atoms with Gasteiger partial charge in [0.05, 0.1) is 24.8 Å². The molecule has 2 aliphatic carbocycles. The molecule has 0 bridgehead atoms. The Bertz CT molecular complexity index is 2460. The number of aliphatic hydroxyl groups is 2. The Morgan fingerprint density at radius 2 is 1.46 bits per heavy atom. The van der Waals surface area contributed by atoms with Crippen LogP contribution in [-0.2, 0) is 20.9 Å². The van der Waals surface area contributed by atoms with Crippen molar-refractivity contribution in [2.75, 3.05) is 39.8 Å². The van der Waals surface area contributed by atoms with Crippen LogP contribution in [0.1, 0.15) is 140 Å². The van der Waals surface area contributed by atoms with E-state index in [2.05, 4.69) is 49.9 Å². The molecule has 74 heavy (non-hydrogen) atoms. The molecule has 4 aromatic carbocycles. The molecular weight excluding hydrogens is 933 g/mol. The average molecular weight is 1010 g/mol. The molecule has 0 spiro atoms. The lowest BCUT2D eigenvalue weighted by Crippen LogP contribution is -2.70. The van der Waals surface area contributed by atoms with E-state index in [9.17, 15) is 10.2 Å². The Labute approximate surface area is 439 Å². The number of aliphatic hydroxyl groups excluding tert-OH is 2. The van der Waals surface area contributed by atoms with Crippen LogP contribution in [0.5, 0.6) is 28.7 Å². The Balaban J connectivity index is 1.20. The Morgan fingerprint density at radius 1 is 0.770 bits per heavy atom. The predicted molar refractivity (Wildman–Crippen MR) is 290 cm³/mol. The zero-order valence-corrected chi connectivity index (χ0v) is 43.9. The van der Waals surface area contributed by atoms with E-state index in [1.807, 2.05) is 67.6 Å². The van der Waals surface area contributed by atoms with Gasteiger partial charge in [-0.15, -0.1) is 6.58 Å². The first kappa shape index (κ1) is 54.4. The smallest absolute Gasteiger partial charge is 0.410 e. The monoisotopic (exact) mass is 1010 g/mol. The number of unbranched alkanes of at least 4 members (excludes halogenated alkanes) is 11. The van der Waals surface area contributed by atoms with E-state index in [0.29, 0.717) is 48.2 Å². The quantitative estimate of drug-likeness (QED) is 0.0295. The molecule has 12 nitrogen and oxygen atoms in total. The third-order valence-electron chi connectivity index (χ3n) is 15.3. The normalized spacial score (nSPS) is 21.8. The maximum absolute atomic E-state index is 15.2. The SMILES string of the molecule is C=CCO[C@@]12Oc3ccc(Oc4ccc(-c5ccccc5)cc4)cc3[C@H]3[C@H](CCCCO)[C@@H](CCCCO)C=C(C(=NOCC)C[C@@H]1N(Cc1ccc4c(c1)OCO4)C(=O)OCCCCCCCCCCCC)[C@H]32.